The topological polar surface area (TPSA) is 68.7 Å². The highest BCUT2D eigenvalue weighted by Gasteiger charge is 2.35. The van der Waals surface area contributed by atoms with Crippen LogP contribution in [0.2, 0.25) is 0 Å². The van der Waals surface area contributed by atoms with Crippen molar-refractivity contribution in [3.05, 3.63) is 17.3 Å². The minimum atomic E-state index is -5.03. The van der Waals surface area contributed by atoms with Crippen LogP contribution in [0.4, 0.5) is 13.2 Å². The van der Waals surface area contributed by atoms with Crippen molar-refractivity contribution < 1.29 is 32.5 Å². The summed E-state index contributed by atoms with van der Waals surface area (Å²) in [7, 11) is 1.14. The number of pyridine rings is 1. The molecule has 0 saturated heterocycles. The number of carboxylic acids is 1. The van der Waals surface area contributed by atoms with Crippen molar-refractivity contribution in [3.63, 3.8) is 0 Å². The first-order valence-corrected chi connectivity index (χ1v) is 5.53. The smallest absolute Gasteiger partial charge is 0.496 e. The van der Waals surface area contributed by atoms with Crippen molar-refractivity contribution >= 4 is 21.9 Å². The zero-order valence-corrected chi connectivity index (χ0v) is 10.5. The third kappa shape index (κ3) is 3.49. The summed E-state index contributed by atoms with van der Waals surface area (Å²) >= 11 is 2.99. The number of carbonyl (C=O) groups is 1. The van der Waals surface area contributed by atoms with Gasteiger partial charge in [0.2, 0.25) is 5.88 Å². The minimum absolute atomic E-state index is 0.122. The summed E-state index contributed by atoms with van der Waals surface area (Å²) in [6.45, 7) is 0. The molecule has 0 aliphatic heterocycles. The third-order valence-corrected chi connectivity index (χ3v) is 2.36. The number of aromatic carboxylic acids is 1. The van der Waals surface area contributed by atoms with E-state index in [0.717, 1.165) is 7.11 Å². The van der Waals surface area contributed by atoms with E-state index in [0.29, 0.717) is 0 Å². The lowest BCUT2D eigenvalue weighted by molar-refractivity contribution is -0.276. The molecule has 0 saturated carbocycles. The van der Waals surface area contributed by atoms with E-state index in [9.17, 15) is 18.0 Å². The molecule has 1 aromatic rings. The van der Waals surface area contributed by atoms with Gasteiger partial charge >= 0.3 is 12.3 Å². The van der Waals surface area contributed by atoms with Crippen LogP contribution >= 0.6 is 15.9 Å². The van der Waals surface area contributed by atoms with Crippen molar-refractivity contribution in [2.24, 2.45) is 0 Å². The van der Waals surface area contributed by atoms with Gasteiger partial charge in [0.15, 0.2) is 5.56 Å². The van der Waals surface area contributed by atoms with Crippen molar-refractivity contribution in [2.75, 3.05) is 7.11 Å². The Morgan fingerprint density at radius 3 is 2.56 bits per heavy atom. The molecule has 100 valence electrons. The van der Waals surface area contributed by atoms with Crippen LogP contribution in [0.25, 0.3) is 0 Å². The molecule has 0 radical (unpaired) electrons. The van der Waals surface area contributed by atoms with E-state index >= 15 is 0 Å². The van der Waals surface area contributed by atoms with Gasteiger partial charge < -0.3 is 14.6 Å². The SMILES string of the molecule is COc1cc(CBr)nc(OC(F)(F)F)c1C(=O)O. The molecule has 0 amide bonds. The Hall–Kier alpha value is -1.51. The highest BCUT2D eigenvalue weighted by atomic mass is 79.9. The first kappa shape index (κ1) is 14.6. The minimum Gasteiger partial charge on any atom is -0.496 e. The van der Waals surface area contributed by atoms with Gasteiger partial charge in [0.25, 0.3) is 0 Å². The molecule has 18 heavy (non-hydrogen) atoms. The van der Waals surface area contributed by atoms with Crippen molar-refractivity contribution in [1.29, 1.82) is 0 Å². The predicted octanol–water partition coefficient (Wildman–Crippen LogP) is 2.58. The van der Waals surface area contributed by atoms with E-state index in [2.05, 4.69) is 25.7 Å². The van der Waals surface area contributed by atoms with E-state index in [-0.39, 0.29) is 16.8 Å². The van der Waals surface area contributed by atoms with E-state index in [4.69, 9.17) is 9.84 Å². The van der Waals surface area contributed by atoms with E-state index in [1.807, 2.05) is 0 Å². The van der Waals surface area contributed by atoms with Crippen LogP contribution in [-0.2, 0) is 5.33 Å². The highest BCUT2D eigenvalue weighted by molar-refractivity contribution is 9.08. The second-order valence-corrected chi connectivity index (χ2v) is 3.54. The van der Waals surface area contributed by atoms with Gasteiger partial charge in [-0.05, 0) is 0 Å². The Kier molecular flexibility index (Phi) is 4.38. The van der Waals surface area contributed by atoms with E-state index < -0.39 is 23.8 Å². The fourth-order valence-corrected chi connectivity index (χ4v) is 1.44. The lowest BCUT2D eigenvalue weighted by Crippen LogP contribution is -2.20. The molecule has 0 aliphatic carbocycles. The molecule has 1 rings (SSSR count). The molecule has 0 aliphatic rings. The zero-order valence-electron chi connectivity index (χ0n) is 8.92. The second-order valence-electron chi connectivity index (χ2n) is 2.98. The molecule has 9 heteroatoms. The molecular weight excluding hydrogens is 323 g/mol. The number of rotatable bonds is 4. The quantitative estimate of drug-likeness (QED) is 0.860. The number of methoxy groups -OCH3 is 1. The first-order valence-electron chi connectivity index (χ1n) is 4.41. The van der Waals surface area contributed by atoms with Crippen molar-refractivity contribution in [1.82, 2.24) is 4.98 Å². The normalized spacial score (nSPS) is 11.2. The molecule has 1 N–H and O–H groups in total. The summed E-state index contributed by atoms with van der Waals surface area (Å²) < 4.78 is 44.7. The fraction of sp³-hybridized carbons (Fsp3) is 0.333. The molecule has 1 aromatic heterocycles. The Labute approximate surface area is 108 Å². The maximum Gasteiger partial charge on any atom is 0.574 e. The average Bonchev–Trinajstić information content (AvgIpc) is 2.25. The molecule has 0 atom stereocenters. The summed E-state index contributed by atoms with van der Waals surface area (Å²) in [5.74, 6) is -2.94. The van der Waals surface area contributed by atoms with Crippen LogP contribution in [0, 0.1) is 0 Å². The molecule has 0 aromatic carbocycles. The van der Waals surface area contributed by atoms with Crippen LogP contribution < -0.4 is 9.47 Å². The third-order valence-electron chi connectivity index (χ3n) is 1.79. The van der Waals surface area contributed by atoms with Gasteiger partial charge in [0, 0.05) is 11.4 Å². The second kappa shape index (κ2) is 5.42. The van der Waals surface area contributed by atoms with Crippen molar-refractivity contribution in [2.45, 2.75) is 11.7 Å². The maximum absolute atomic E-state index is 12.1. The lowest BCUT2D eigenvalue weighted by atomic mass is 10.2. The van der Waals surface area contributed by atoms with Gasteiger partial charge in [-0.2, -0.15) is 0 Å². The largest absolute Gasteiger partial charge is 0.574 e. The number of aromatic nitrogens is 1. The first-order chi connectivity index (χ1) is 8.28. The molecule has 0 unspecified atom stereocenters. The lowest BCUT2D eigenvalue weighted by Gasteiger charge is -2.13. The summed E-state index contributed by atoms with van der Waals surface area (Å²) in [5, 5.41) is 8.98. The van der Waals surface area contributed by atoms with Crippen LogP contribution in [-0.4, -0.2) is 29.5 Å². The summed E-state index contributed by atoms with van der Waals surface area (Å²) in [6.07, 6.45) is -5.03. The van der Waals surface area contributed by atoms with Gasteiger partial charge in [0.1, 0.15) is 5.75 Å². The molecule has 5 nitrogen and oxygen atoms in total. The Morgan fingerprint density at radius 2 is 2.17 bits per heavy atom. The summed E-state index contributed by atoms with van der Waals surface area (Å²) in [6, 6.07) is 1.21. The van der Waals surface area contributed by atoms with Gasteiger partial charge in [-0.1, -0.05) is 15.9 Å². The Bertz CT molecular complexity index is 464. The Balaban J connectivity index is 3.39. The number of halogens is 4. The number of alkyl halides is 4. The van der Waals surface area contributed by atoms with Gasteiger partial charge in [-0.25, -0.2) is 9.78 Å². The zero-order chi connectivity index (χ0) is 13.9. The van der Waals surface area contributed by atoms with Crippen LogP contribution in [0.3, 0.4) is 0 Å². The monoisotopic (exact) mass is 329 g/mol. The summed E-state index contributed by atoms with van der Waals surface area (Å²) in [5.41, 5.74) is -0.629. The fourth-order valence-electron chi connectivity index (χ4n) is 1.16. The molecule has 0 spiro atoms. The van der Waals surface area contributed by atoms with E-state index in [1.54, 1.807) is 0 Å². The van der Waals surface area contributed by atoms with E-state index in [1.165, 1.54) is 6.07 Å². The van der Waals surface area contributed by atoms with Crippen LogP contribution in [0.5, 0.6) is 11.6 Å². The average molecular weight is 330 g/mol. The molecular formula is C9H7BrF3NO4. The Morgan fingerprint density at radius 1 is 1.56 bits per heavy atom. The molecule has 1 heterocycles. The highest BCUT2D eigenvalue weighted by Crippen LogP contribution is 2.32. The van der Waals surface area contributed by atoms with Gasteiger partial charge in [-0.3, -0.25) is 0 Å². The number of carboxylic acid groups (broad SMARTS) is 1. The standard InChI is InChI=1S/C9H7BrF3NO4/c1-17-5-2-4(3-10)14-7(6(5)8(15)16)18-9(11,12)13/h2H,3H2,1H3,(H,15,16). The van der Waals surface area contributed by atoms with Crippen molar-refractivity contribution in [3.8, 4) is 11.6 Å². The van der Waals surface area contributed by atoms with Gasteiger partial charge in [0.05, 0.1) is 12.8 Å². The molecule has 0 bridgehead atoms. The van der Waals surface area contributed by atoms with Gasteiger partial charge in [-0.15, -0.1) is 13.2 Å². The number of nitrogens with zero attached hydrogens (tertiary/aromatic N) is 1. The number of ether oxygens (including phenoxy) is 2. The summed E-state index contributed by atoms with van der Waals surface area (Å²) in [4.78, 5) is 14.4. The number of hydrogen-bond acceptors (Lipinski definition) is 4. The van der Waals surface area contributed by atoms with Crippen LogP contribution in [0.1, 0.15) is 16.1 Å². The molecule has 0 fully saturated rings. The predicted molar refractivity (Wildman–Crippen MR) is 57.1 cm³/mol. The van der Waals surface area contributed by atoms with Crippen LogP contribution in [0.15, 0.2) is 6.07 Å². The maximum atomic E-state index is 12.1. The number of hydrogen-bond donors (Lipinski definition) is 1.